The SMILES string of the molecule is Cc1ncc(CN(C)C(=O)c2cn[nH]c2C)s1. The molecule has 0 aliphatic rings. The number of hydrogen-bond acceptors (Lipinski definition) is 4. The number of aromatic nitrogens is 3. The van der Waals surface area contributed by atoms with Gasteiger partial charge in [-0.1, -0.05) is 0 Å². The van der Waals surface area contributed by atoms with Crippen molar-refractivity contribution in [3.8, 4) is 0 Å². The van der Waals surface area contributed by atoms with Crippen molar-refractivity contribution in [3.05, 3.63) is 33.5 Å². The average molecular weight is 250 g/mol. The first kappa shape index (κ1) is 11.8. The highest BCUT2D eigenvalue weighted by Crippen LogP contribution is 2.15. The molecule has 2 aromatic heterocycles. The summed E-state index contributed by atoms with van der Waals surface area (Å²) in [5, 5.41) is 7.63. The van der Waals surface area contributed by atoms with Crippen molar-refractivity contribution >= 4 is 17.2 Å². The predicted octanol–water partition coefficient (Wildman–Crippen LogP) is 1.76. The maximum absolute atomic E-state index is 12.1. The highest BCUT2D eigenvalue weighted by atomic mass is 32.1. The van der Waals surface area contributed by atoms with Gasteiger partial charge in [0.25, 0.3) is 5.91 Å². The average Bonchev–Trinajstić information content (AvgIpc) is 2.86. The lowest BCUT2D eigenvalue weighted by molar-refractivity contribution is 0.0786. The van der Waals surface area contributed by atoms with E-state index in [1.807, 2.05) is 20.0 Å². The molecule has 0 saturated carbocycles. The van der Waals surface area contributed by atoms with Crippen molar-refractivity contribution in [2.75, 3.05) is 7.05 Å². The molecule has 0 radical (unpaired) electrons. The van der Waals surface area contributed by atoms with Gasteiger partial charge in [0, 0.05) is 23.8 Å². The highest BCUT2D eigenvalue weighted by molar-refractivity contribution is 7.11. The molecule has 90 valence electrons. The monoisotopic (exact) mass is 250 g/mol. The molecule has 1 amide bonds. The largest absolute Gasteiger partial charge is 0.336 e. The van der Waals surface area contributed by atoms with Gasteiger partial charge in [0.15, 0.2) is 0 Å². The van der Waals surface area contributed by atoms with Crippen molar-refractivity contribution in [1.29, 1.82) is 0 Å². The molecule has 0 unspecified atom stereocenters. The molecule has 5 nitrogen and oxygen atoms in total. The molecule has 0 aliphatic carbocycles. The number of amides is 1. The Morgan fingerprint density at radius 1 is 1.47 bits per heavy atom. The van der Waals surface area contributed by atoms with Gasteiger partial charge in [-0.3, -0.25) is 9.89 Å². The standard InChI is InChI=1S/C11H14N4OS/c1-7-10(5-13-14-7)11(16)15(3)6-9-4-12-8(2)17-9/h4-5H,6H2,1-3H3,(H,13,14). The summed E-state index contributed by atoms with van der Waals surface area (Å²) in [4.78, 5) is 19.0. The van der Waals surface area contributed by atoms with E-state index in [-0.39, 0.29) is 5.91 Å². The molecule has 0 aliphatic heterocycles. The highest BCUT2D eigenvalue weighted by Gasteiger charge is 2.16. The maximum Gasteiger partial charge on any atom is 0.257 e. The van der Waals surface area contributed by atoms with Crippen LogP contribution in [0.1, 0.15) is 25.9 Å². The summed E-state index contributed by atoms with van der Waals surface area (Å²) < 4.78 is 0. The Hall–Kier alpha value is -1.69. The summed E-state index contributed by atoms with van der Waals surface area (Å²) in [5.74, 6) is -0.0256. The minimum Gasteiger partial charge on any atom is -0.336 e. The number of nitrogens with zero attached hydrogens (tertiary/aromatic N) is 3. The minimum atomic E-state index is -0.0256. The Bertz CT molecular complexity index is 531. The summed E-state index contributed by atoms with van der Waals surface area (Å²) in [6, 6.07) is 0. The lowest BCUT2D eigenvalue weighted by atomic mass is 10.2. The maximum atomic E-state index is 12.1. The van der Waals surface area contributed by atoms with Crippen LogP contribution in [0.15, 0.2) is 12.4 Å². The molecular formula is C11H14N4OS. The Balaban J connectivity index is 2.08. The van der Waals surface area contributed by atoms with Crippen LogP contribution in [0.25, 0.3) is 0 Å². The smallest absolute Gasteiger partial charge is 0.257 e. The van der Waals surface area contributed by atoms with E-state index in [2.05, 4.69) is 15.2 Å². The van der Waals surface area contributed by atoms with Gasteiger partial charge < -0.3 is 4.90 Å². The molecule has 6 heteroatoms. The number of thiazole rings is 1. The molecule has 17 heavy (non-hydrogen) atoms. The second kappa shape index (κ2) is 4.67. The molecule has 2 aromatic rings. The van der Waals surface area contributed by atoms with Gasteiger partial charge in [0.2, 0.25) is 0 Å². The van der Waals surface area contributed by atoms with Crippen LogP contribution in [0.2, 0.25) is 0 Å². The number of aryl methyl sites for hydroxylation is 2. The number of carbonyl (C=O) groups is 1. The first-order chi connectivity index (χ1) is 8.08. The van der Waals surface area contributed by atoms with Gasteiger partial charge in [-0.15, -0.1) is 11.3 Å². The van der Waals surface area contributed by atoms with Crippen LogP contribution in [0.5, 0.6) is 0 Å². The van der Waals surface area contributed by atoms with Crippen LogP contribution < -0.4 is 0 Å². The van der Waals surface area contributed by atoms with E-state index in [9.17, 15) is 4.79 Å². The lowest BCUT2D eigenvalue weighted by Gasteiger charge is -2.15. The quantitative estimate of drug-likeness (QED) is 0.902. The van der Waals surface area contributed by atoms with Crippen LogP contribution in [0.4, 0.5) is 0 Å². The van der Waals surface area contributed by atoms with Gasteiger partial charge in [-0.25, -0.2) is 4.98 Å². The number of carbonyl (C=O) groups excluding carboxylic acids is 1. The zero-order valence-corrected chi connectivity index (χ0v) is 10.8. The third kappa shape index (κ3) is 2.52. The van der Waals surface area contributed by atoms with Crippen LogP contribution in [0.3, 0.4) is 0 Å². The number of H-pyrrole nitrogens is 1. The van der Waals surface area contributed by atoms with E-state index < -0.39 is 0 Å². The molecular weight excluding hydrogens is 236 g/mol. The molecule has 2 rings (SSSR count). The normalized spacial score (nSPS) is 10.5. The first-order valence-corrected chi connectivity index (χ1v) is 6.06. The van der Waals surface area contributed by atoms with E-state index >= 15 is 0 Å². The van der Waals surface area contributed by atoms with E-state index in [1.54, 1.807) is 29.5 Å². The molecule has 0 atom stereocenters. The molecule has 0 saturated heterocycles. The van der Waals surface area contributed by atoms with Gasteiger partial charge in [-0.05, 0) is 13.8 Å². The summed E-state index contributed by atoms with van der Waals surface area (Å²) in [7, 11) is 1.78. The second-order valence-corrected chi connectivity index (χ2v) is 5.23. The summed E-state index contributed by atoms with van der Waals surface area (Å²) in [6.45, 7) is 4.37. The number of aromatic amines is 1. The third-order valence-electron chi connectivity index (χ3n) is 2.47. The molecule has 0 aromatic carbocycles. The third-order valence-corrected chi connectivity index (χ3v) is 3.37. The summed E-state index contributed by atoms with van der Waals surface area (Å²) in [6.07, 6.45) is 3.37. The van der Waals surface area contributed by atoms with Crippen LogP contribution in [-0.2, 0) is 6.54 Å². The first-order valence-electron chi connectivity index (χ1n) is 5.24. The fraction of sp³-hybridized carbons (Fsp3) is 0.364. The minimum absolute atomic E-state index is 0.0256. The Labute approximate surface area is 103 Å². The Kier molecular flexibility index (Phi) is 3.23. The van der Waals surface area contributed by atoms with E-state index in [0.29, 0.717) is 12.1 Å². The zero-order chi connectivity index (χ0) is 12.4. The molecule has 2 heterocycles. The van der Waals surface area contributed by atoms with Crippen molar-refractivity contribution < 1.29 is 4.79 Å². The number of nitrogens with one attached hydrogen (secondary N) is 1. The zero-order valence-electron chi connectivity index (χ0n) is 10.0. The molecule has 1 N–H and O–H groups in total. The summed E-state index contributed by atoms with van der Waals surface area (Å²) >= 11 is 1.61. The number of rotatable bonds is 3. The molecule has 0 fully saturated rings. The van der Waals surface area contributed by atoms with Crippen molar-refractivity contribution in [1.82, 2.24) is 20.1 Å². The fourth-order valence-electron chi connectivity index (χ4n) is 1.56. The van der Waals surface area contributed by atoms with Gasteiger partial charge in [-0.2, -0.15) is 5.10 Å². The topological polar surface area (TPSA) is 61.9 Å². The second-order valence-electron chi connectivity index (χ2n) is 3.92. The van der Waals surface area contributed by atoms with Gasteiger partial charge in [0.05, 0.1) is 23.3 Å². The van der Waals surface area contributed by atoms with E-state index in [1.165, 1.54) is 0 Å². The summed E-state index contributed by atoms with van der Waals surface area (Å²) in [5.41, 5.74) is 1.41. The van der Waals surface area contributed by atoms with Crippen molar-refractivity contribution in [3.63, 3.8) is 0 Å². The molecule has 0 spiro atoms. The van der Waals surface area contributed by atoms with Crippen molar-refractivity contribution in [2.24, 2.45) is 0 Å². The fourth-order valence-corrected chi connectivity index (χ4v) is 2.40. The van der Waals surface area contributed by atoms with Crippen LogP contribution in [0, 0.1) is 13.8 Å². The number of hydrogen-bond donors (Lipinski definition) is 1. The Morgan fingerprint density at radius 3 is 2.76 bits per heavy atom. The van der Waals surface area contributed by atoms with Crippen molar-refractivity contribution in [2.45, 2.75) is 20.4 Å². The van der Waals surface area contributed by atoms with E-state index in [0.717, 1.165) is 15.6 Å². The van der Waals surface area contributed by atoms with Crippen LogP contribution in [-0.4, -0.2) is 33.0 Å². The van der Waals surface area contributed by atoms with Crippen LogP contribution >= 0.6 is 11.3 Å². The lowest BCUT2D eigenvalue weighted by Crippen LogP contribution is -2.26. The van der Waals surface area contributed by atoms with Gasteiger partial charge in [0.1, 0.15) is 0 Å². The predicted molar refractivity (Wildman–Crippen MR) is 66.0 cm³/mol. The Morgan fingerprint density at radius 2 is 2.24 bits per heavy atom. The van der Waals surface area contributed by atoms with E-state index in [4.69, 9.17) is 0 Å². The van der Waals surface area contributed by atoms with Gasteiger partial charge >= 0.3 is 0 Å². The molecule has 0 bridgehead atoms.